The first-order chi connectivity index (χ1) is 7.61. The molecule has 0 spiro atoms. The second-order valence-corrected chi connectivity index (χ2v) is 4.12. The van der Waals surface area contributed by atoms with Gasteiger partial charge in [-0.3, -0.25) is 4.79 Å². The number of carbonyl (C=O) groups excluding carboxylic acids is 1. The van der Waals surface area contributed by atoms with Gasteiger partial charge in [-0.05, 0) is 18.1 Å². The third kappa shape index (κ3) is 6.12. The van der Waals surface area contributed by atoms with Crippen LogP contribution in [-0.2, 0) is 4.79 Å². The zero-order valence-corrected chi connectivity index (χ0v) is 11.1. The summed E-state index contributed by atoms with van der Waals surface area (Å²) in [6.07, 6.45) is 4.31. The van der Waals surface area contributed by atoms with E-state index in [1.165, 1.54) is 0 Å². The molecule has 0 aliphatic heterocycles. The Hall–Kier alpha value is -1.29. The van der Waals surface area contributed by atoms with Crippen molar-refractivity contribution in [1.29, 1.82) is 0 Å². The fourth-order valence-corrected chi connectivity index (χ4v) is 1.60. The van der Waals surface area contributed by atoms with Crippen molar-refractivity contribution in [3.63, 3.8) is 0 Å². The maximum atomic E-state index is 11.6. The highest BCUT2D eigenvalue weighted by Crippen LogP contribution is 2.12. The summed E-state index contributed by atoms with van der Waals surface area (Å²) in [5, 5.41) is 2.80. The summed E-state index contributed by atoms with van der Waals surface area (Å²) < 4.78 is 0. The van der Waals surface area contributed by atoms with Crippen LogP contribution in [0.25, 0.3) is 0 Å². The Morgan fingerprint density at radius 2 is 2.24 bits per heavy atom. The second-order valence-electron chi connectivity index (χ2n) is 4.12. The predicted molar refractivity (Wildman–Crippen MR) is 73.2 cm³/mol. The lowest BCUT2D eigenvalue weighted by atomic mass is 10.0. The number of carbonyl (C=O) groups is 1. The Kier molecular flexibility index (Phi) is 7.30. The molecule has 0 saturated carbocycles. The van der Waals surface area contributed by atoms with Gasteiger partial charge in [0.25, 0.3) is 0 Å². The van der Waals surface area contributed by atoms with E-state index in [-0.39, 0.29) is 18.3 Å². The third-order valence-electron chi connectivity index (χ3n) is 2.39. The van der Waals surface area contributed by atoms with E-state index in [0.717, 1.165) is 12.8 Å². The van der Waals surface area contributed by atoms with E-state index in [1.807, 2.05) is 0 Å². The molecule has 0 radical (unpaired) electrons. The van der Waals surface area contributed by atoms with Crippen molar-refractivity contribution in [2.24, 2.45) is 5.92 Å². The highest BCUT2D eigenvalue weighted by molar-refractivity contribution is 5.90. The van der Waals surface area contributed by atoms with E-state index < -0.39 is 0 Å². The largest absolute Gasteiger partial charge is 0.384 e. The first-order valence-corrected chi connectivity index (χ1v) is 5.63. The first-order valence-electron chi connectivity index (χ1n) is 5.63. The zero-order valence-electron chi connectivity index (χ0n) is 10.3. The molecule has 4 nitrogen and oxygen atoms in total. The molecule has 3 N–H and O–H groups in total. The number of rotatable bonds is 5. The lowest BCUT2D eigenvalue weighted by molar-refractivity contribution is -0.117. The summed E-state index contributed by atoms with van der Waals surface area (Å²) in [4.78, 5) is 15.5. The summed E-state index contributed by atoms with van der Waals surface area (Å²) in [7, 11) is 0. The van der Waals surface area contributed by atoms with Crippen LogP contribution in [0.15, 0.2) is 18.3 Å². The van der Waals surface area contributed by atoms with Crippen LogP contribution < -0.4 is 11.1 Å². The minimum Gasteiger partial charge on any atom is -0.384 e. The molecular formula is C12H20ClN3O. The van der Waals surface area contributed by atoms with Crippen LogP contribution in [0.2, 0.25) is 0 Å². The van der Waals surface area contributed by atoms with Gasteiger partial charge in [0.15, 0.2) is 0 Å². The number of nitrogens with two attached hydrogens (primary N) is 1. The molecule has 0 aromatic carbocycles. The van der Waals surface area contributed by atoms with Gasteiger partial charge in [0.05, 0.1) is 11.9 Å². The predicted octanol–water partition coefficient (Wildman–Crippen LogP) is 2.85. The van der Waals surface area contributed by atoms with Crippen molar-refractivity contribution < 1.29 is 4.79 Å². The molecule has 1 amide bonds. The van der Waals surface area contributed by atoms with Gasteiger partial charge in [-0.15, -0.1) is 12.4 Å². The summed E-state index contributed by atoms with van der Waals surface area (Å²) in [6, 6.07) is 3.43. The van der Waals surface area contributed by atoms with Gasteiger partial charge in [0.1, 0.15) is 5.82 Å². The van der Waals surface area contributed by atoms with E-state index in [0.29, 0.717) is 23.8 Å². The molecule has 17 heavy (non-hydrogen) atoms. The van der Waals surface area contributed by atoms with E-state index in [1.54, 1.807) is 18.3 Å². The Bertz CT molecular complexity index is 340. The number of amides is 1. The molecule has 96 valence electrons. The van der Waals surface area contributed by atoms with Gasteiger partial charge in [-0.1, -0.05) is 26.7 Å². The maximum Gasteiger partial charge on any atom is 0.224 e. The molecule has 0 fully saturated rings. The van der Waals surface area contributed by atoms with Crippen LogP contribution in [0.3, 0.4) is 0 Å². The summed E-state index contributed by atoms with van der Waals surface area (Å²) in [5.41, 5.74) is 6.15. The minimum absolute atomic E-state index is 0. The molecule has 0 aliphatic carbocycles. The summed E-state index contributed by atoms with van der Waals surface area (Å²) in [5.74, 6) is 0.914. The minimum atomic E-state index is 0. The number of pyridine rings is 1. The standard InChI is InChI=1S/C12H19N3O.ClH/c1-3-4-9(2)7-12(16)15-10-5-6-11(13)14-8-10;/h5-6,8-9H,3-4,7H2,1-2H3,(H2,13,14)(H,15,16);1H. The third-order valence-corrected chi connectivity index (χ3v) is 2.39. The molecule has 0 aliphatic rings. The SMILES string of the molecule is CCCC(C)CC(=O)Nc1ccc(N)nc1.Cl. The molecule has 5 heteroatoms. The first kappa shape index (κ1) is 15.7. The second kappa shape index (κ2) is 7.90. The number of halogens is 1. The van der Waals surface area contributed by atoms with Crippen LogP contribution in [0.4, 0.5) is 11.5 Å². The van der Waals surface area contributed by atoms with Gasteiger partial charge >= 0.3 is 0 Å². The van der Waals surface area contributed by atoms with Crippen molar-refractivity contribution in [3.8, 4) is 0 Å². The fraction of sp³-hybridized carbons (Fsp3) is 0.500. The van der Waals surface area contributed by atoms with E-state index >= 15 is 0 Å². The van der Waals surface area contributed by atoms with E-state index in [9.17, 15) is 4.79 Å². The van der Waals surface area contributed by atoms with Gasteiger partial charge in [0, 0.05) is 6.42 Å². The van der Waals surface area contributed by atoms with Crippen molar-refractivity contribution in [1.82, 2.24) is 4.98 Å². The monoisotopic (exact) mass is 257 g/mol. The Morgan fingerprint density at radius 1 is 1.53 bits per heavy atom. The number of nitrogens with one attached hydrogen (secondary N) is 1. The molecule has 1 atom stereocenters. The Labute approximate surface area is 108 Å². The van der Waals surface area contributed by atoms with Crippen LogP contribution >= 0.6 is 12.4 Å². The van der Waals surface area contributed by atoms with E-state index in [4.69, 9.17) is 5.73 Å². The smallest absolute Gasteiger partial charge is 0.224 e. The van der Waals surface area contributed by atoms with Gasteiger partial charge in [-0.25, -0.2) is 4.98 Å². The average Bonchev–Trinajstić information content (AvgIpc) is 2.21. The average molecular weight is 258 g/mol. The summed E-state index contributed by atoms with van der Waals surface area (Å²) in [6.45, 7) is 4.21. The number of hydrogen-bond acceptors (Lipinski definition) is 3. The van der Waals surface area contributed by atoms with Crippen molar-refractivity contribution in [2.75, 3.05) is 11.1 Å². The van der Waals surface area contributed by atoms with Gasteiger partial charge < -0.3 is 11.1 Å². The van der Waals surface area contributed by atoms with Crippen molar-refractivity contribution in [2.45, 2.75) is 33.1 Å². The molecule has 1 heterocycles. The quantitative estimate of drug-likeness (QED) is 0.852. The molecule has 0 saturated heterocycles. The number of nitrogen functional groups attached to an aromatic ring is 1. The van der Waals surface area contributed by atoms with Crippen molar-refractivity contribution >= 4 is 29.8 Å². The number of hydrogen-bond donors (Lipinski definition) is 2. The van der Waals surface area contributed by atoms with Gasteiger partial charge in [0.2, 0.25) is 5.91 Å². The van der Waals surface area contributed by atoms with Crippen LogP contribution in [0.5, 0.6) is 0 Å². The molecule has 1 aromatic rings. The Balaban J connectivity index is 0.00000256. The van der Waals surface area contributed by atoms with Crippen LogP contribution in [-0.4, -0.2) is 10.9 Å². The molecule has 1 unspecified atom stereocenters. The maximum absolute atomic E-state index is 11.6. The van der Waals surface area contributed by atoms with Gasteiger partial charge in [-0.2, -0.15) is 0 Å². The number of nitrogens with zero attached hydrogens (tertiary/aromatic N) is 1. The fourth-order valence-electron chi connectivity index (χ4n) is 1.60. The van der Waals surface area contributed by atoms with E-state index in [2.05, 4.69) is 24.1 Å². The lowest BCUT2D eigenvalue weighted by Crippen LogP contribution is -2.15. The molecular weight excluding hydrogens is 238 g/mol. The lowest BCUT2D eigenvalue weighted by Gasteiger charge is -2.10. The normalized spacial score (nSPS) is 11.4. The molecule has 1 aromatic heterocycles. The van der Waals surface area contributed by atoms with Crippen LogP contribution in [0.1, 0.15) is 33.1 Å². The topological polar surface area (TPSA) is 68.0 Å². The number of anilines is 2. The zero-order chi connectivity index (χ0) is 12.0. The highest BCUT2D eigenvalue weighted by Gasteiger charge is 2.08. The Morgan fingerprint density at radius 3 is 2.76 bits per heavy atom. The number of aromatic nitrogens is 1. The molecule has 0 bridgehead atoms. The molecule has 1 rings (SSSR count). The highest BCUT2D eigenvalue weighted by atomic mass is 35.5. The van der Waals surface area contributed by atoms with Crippen molar-refractivity contribution in [3.05, 3.63) is 18.3 Å². The van der Waals surface area contributed by atoms with Crippen LogP contribution in [0, 0.1) is 5.92 Å². The summed E-state index contributed by atoms with van der Waals surface area (Å²) >= 11 is 0.